The van der Waals surface area contributed by atoms with E-state index < -0.39 is 0 Å². The molecule has 20 heavy (non-hydrogen) atoms. The van der Waals surface area contributed by atoms with Gasteiger partial charge in [0.05, 0.1) is 18.7 Å². The Hall–Kier alpha value is -1.59. The molecule has 1 atom stereocenters. The summed E-state index contributed by atoms with van der Waals surface area (Å²) in [5.41, 5.74) is 0.730. The Morgan fingerprint density at radius 3 is 3.00 bits per heavy atom. The minimum absolute atomic E-state index is 0.157. The van der Waals surface area contributed by atoms with Crippen LogP contribution in [0.25, 0.3) is 10.9 Å². The monoisotopic (exact) mass is 294 g/mol. The smallest absolute Gasteiger partial charge is 0.163 e. The van der Waals surface area contributed by atoms with Gasteiger partial charge in [0, 0.05) is 18.1 Å². The molecule has 1 saturated heterocycles. The molecule has 0 spiro atoms. The normalized spacial score (nSPS) is 18.4. The minimum atomic E-state index is 0.157. The first-order valence-electron chi connectivity index (χ1n) is 6.50. The maximum absolute atomic E-state index is 6.05. The fraction of sp³-hybridized carbons (Fsp3) is 0.429. The van der Waals surface area contributed by atoms with E-state index in [0.717, 1.165) is 30.4 Å². The third-order valence-corrected chi connectivity index (χ3v) is 3.62. The van der Waals surface area contributed by atoms with Crippen LogP contribution in [0.15, 0.2) is 18.5 Å². The van der Waals surface area contributed by atoms with Gasteiger partial charge in [0.25, 0.3) is 0 Å². The Labute approximate surface area is 121 Å². The fourth-order valence-corrected chi connectivity index (χ4v) is 2.46. The number of hydrogen-bond donors (Lipinski definition) is 0. The van der Waals surface area contributed by atoms with Gasteiger partial charge in [-0.3, -0.25) is 0 Å². The molecule has 1 fully saturated rings. The number of benzene rings is 1. The van der Waals surface area contributed by atoms with E-state index in [2.05, 4.69) is 9.97 Å². The van der Waals surface area contributed by atoms with Gasteiger partial charge in [-0.2, -0.15) is 0 Å². The standard InChI is InChI=1S/C14H15ClN2O3/c1-18-12-5-10-11(16-8-17-14(10)15)6-13(12)20-7-9-3-2-4-19-9/h5-6,8-9H,2-4,7H2,1H3. The van der Waals surface area contributed by atoms with E-state index in [-0.39, 0.29) is 6.10 Å². The molecule has 1 aliphatic rings. The average molecular weight is 295 g/mol. The van der Waals surface area contributed by atoms with Crippen molar-refractivity contribution in [2.24, 2.45) is 0 Å². The van der Waals surface area contributed by atoms with E-state index in [1.54, 1.807) is 13.2 Å². The number of hydrogen-bond acceptors (Lipinski definition) is 5. The third kappa shape index (κ3) is 2.64. The number of fused-ring (bicyclic) bond motifs is 1. The lowest BCUT2D eigenvalue weighted by Crippen LogP contribution is -2.16. The zero-order chi connectivity index (χ0) is 13.9. The molecule has 2 heterocycles. The summed E-state index contributed by atoms with van der Waals surface area (Å²) in [6.45, 7) is 1.33. The quantitative estimate of drug-likeness (QED) is 0.812. The van der Waals surface area contributed by atoms with Gasteiger partial charge < -0.3 is 14.2 Å². The lowest BCUT2D eigenvalue weighted by molar-refractivity contribution is 0.0670. The van der Waals surface area contributed by atoms with Gasteiger partial charge in [0.1, 0.15) is 18.1 Å². The van der Waals surface area contributed by atoms with Crippen molar-refractivity contribution in [3.8, 4) is 11.5 Å². The Balaban J connectivity index is 1.88. The van der Waals surface area contributed by atoms with Crippen molar-refractivity contribution < 1.29 is 14.2 Å². The number of nitrogens with zero attached hydrogens (tertiary/aromatic N) is 2. The fourth-order valence-electron chi connectivity index (χ4n) is 2.26. The molecular formula is C14H15ClN2O3. The third-order valence-electron chi connectivity index (χ3n) is 3.32. The highest BCUT2D eigenvalue weighted by molar-refractivity contribution is 6.34. The van der Waals surface area contributed by atoms with Crippen LogP contribution in [0.5, 0.6) is 11.5 Å². The largest absolute Gasteiger partial charge is 0.493 e. The molecule has 106 valence electrons. The second kappa shape index (κ2) is 5.81. The molecular weight excluding hydrogens is 280 g/mol. The van der Waals surface area contributed by atoms with Crippen LogP contribution in [0.1, 0.15) is 12.8 Å². The SMILES string of the molecule is COc1cc2c(Cl)ncnc2cc1OCC1CCCO1. The maximum Gasteiger partial charge on any atom is 0.163 e. The van der Waals surface area contributed by atoms with Crippen LogP contribution in [-0.2, 0) is 4.74 Å². The van der Waals surface area contributed by atoms with Gasteiger partial charge in [-0.1, -0.05) is 11.6 Å². The van der Waals surface area contributed by atoms with Crippen molar-refractivity contribution in [2.45, 2.75) is 18.9 Å². The summed E-state index contributed by atoms with van der Waals surface area (Å²) < 4.78 is 16.7. The number of ether oxygens (including phenoxy) is 3. The molecule has 1 aliphatic heterocycles. The second-order valence-electron chi connectivity index (χ2n) is 4.63. The summed E-state index contributed by atoms with van der Waals surface area (Å²) in [7, 11) is 1.60. The number of methoxy groups -OCH3 is 1. The molecule has 0 amide bonds. The summed E-state index contributed by atoms with van der Waals surface area (Å²) in [5.74, 6) is 1.26. The molecule has 0 radical (unpaired) electrons. The number of rotatable bonds is 4. The zero-order valence-corrected chi connectivity index (χ0v) is 11.9. The van der Waals surface area contributed by atoms with Crippen molar-refractivity contribution >= 4 is 22.5 Å². The Bertz CT molecular complexity index is 615. The van der Waals surface area contributed by atoms with Crippen LogP contribution >= 0.6 is 11.6 Å². The lowest BCUT2D eigenvalue weighted by Gasteiger charge is -2.14. The summed E-state index contributed by atoms with van der Waals surface area (Å²) in [6, 6.07) is 3.61. The van der Waals surface area contributed by atoms with Crippen LogP contribution in [0.3, 0.4) is 0 Å². The van der Waals surface area contributed by atoms with Crippen LogP contribution in [0, 0.1) is 0 Å². The van der Waals surface area contributed by atoms with Crippen molar-refractivity contribution in [1.29, 1.82) is 0 Å². The molecule has 3 rings (SSSR count). The molecule has 0 aliphatic carbocycles. The molecule has 0 N–H and O–H groups in total. The molecule has 1 unspecified atom stereocenters. The Kier molecular flexibility index (Phi) is 3.89. The van der Waals surface area contributed by atoms with Crippen molar-refractivity contribution in [1.82, 2.24) is 9.97 Å². The van der Waals surface area contributed by atoms with E-state index in [9.17, 15) is 0 Å². The van der Waals surface area contributed by atoms with Crippen LogP contribution < -0.4 is 9.47 Å². The van der Waals surface area contributed by atoms with Crippen molar-refractivity contribution in [3.05, 3.63) is 23.6 Å². The number of halogens is 1. The van der Waals surface area contributed by atoms with Gasteiger partial charge in [0.15, 0.2) is 11.5 Å². The van der Waals surface area contributed by atoms with Gasteiger partial charge in [-0.15, -0.1) is 0 Å². The zero-order valence-electron chi connectivity index (χ0n) is 11.1. The van der Waals surface area contributed by atoms with E-state index in [1.165, 1.54) is 6.33 Å². The van der Waals surface area contributed by atoms with E-state index in [0.29, 0.717) is 23.3 Å². The molecule has 6 heteroatoms. The van der Waals surface area contributed by atoms with Crippen molar-refractivity contribution in [2.75, 3.05) is 20.3 Å². The van der Waals surface area contributed by atoms with Gasteiger partial charge in [-0.05, 0) is 18.9 Å². The summed E-state index contributed by atoms with van der Waals surface area (Å²) in [4.78, 5) is 8.15. The highest BCUT2D eigenvalue weighted by atomic mass is 35.5. The van der Waals surface area contributed by atoms with E-state index in [4.69, 9.17) is 25.8 Å². The Morgan fingerprint density at radius 1 is 1.35 bits per heavy atom. The van der Waals surface area contributed by atoms with E-state index >= 15 is 0 Å². The summed E-state index contributed by atoms with van der Waals surface area (Å²) in [5, 5.41) is 1.15. The van der Waals surface area contributed by atoms with Gasteiger partial charge in [0.2, 0.25) is 0 Å². The Morgan fingerprint density at radius 2 is 2.25 bits per heavy atom. The van der Waals surface area contributed by atoms with E-state index in [1.807, 2.05) is 6.07 Å². The molecule has 0 saturated carbocycles. The predicted octanol–water partition coefficient (Wildman–Crippen LogP) is 2.85. The van der Waals surface area contributed by atoms with Gasteiger partial charge >= 0.3 is 0 Å². The number of aromatic nitrogens is 2. The first kappa shape index (κ1) is 13.4. The van der Waals surface area contributed by atoms with Crippen LogP contribution in [0.4, 0.5) is 0 Å². The molecule has 1 aromatic carbocycles. The highest BCUT2D eigenvalue weighted by Crippen LogP contribution is 2.34. The molecule has 2 aromatic rings. The summed E-state index contributed by atoms with van der Waals surface area (Å²) in [6.07, 6.45) is 3.71. The minimum Gasteiger partial charge on any atom is -0.493 e. The predicted molar refractivity (Wildman–Crippen MR) is 75.6 cm³/mol. The lowest BCUT2D eigenvalue weighted by atomic mass is 10.2. The average Bonchev–Trinajstić information content (AvgIpc) is 2.98. The van der Waals surface area contributed by atoms with Crippen LogP contribution in [-0.4, -0.2) is 36.4 Å². The summed E-state index contributed by atoms with van der Waals surface area (Å²) >= 11 is 6.05. The first-order valence-corrected chi connectivity index (χ1v) is 6.88. The van der Waals surface area contributed by atoms with Gasteiger partial charge in [-0.25, -0.2) is 9.97 Å². The van der Waals surface area contributed by atoms with Crippen LogP contribution in [0.2, 0.25) is 5.15 Å². The molecule has 1 aromatic heterocycles. The maximum atomic E-state index is 6.05. The highest BCUT2D eigenvalue weighted by Gasteiger charge is 2.18. The second-order valence-corrected chi connectivity index (χ2v) is 4.99. The topological polar surface area (TPSA) is 53.5 Å². The van der Waals surface area contributed by atoms with Crippen molar-refractivity contribution in [3.63, 3.8) is 0 Å². The first-order chi connectivity index (χ1) is 9.78. The molecule has 0 bridgehead atoms. The molecule has 5 nitrogen and oxygen atoms in total.